The third-order valence-electron chi connectivity index (χ3n) is 5.09. The van der Waals surface area contributed by atoms with Crippen molar-refractivity contribution in [1.82, 2.24) is 34.6 Å². The molecular formula is C22H13ClF3N7O. The molecule has 0 spiro atoms. The number of hydrogen-bond donors (Lipinski definition) is 0. The van der Waals surface area contributed by atoms with Gasteiger partial charge in [0.15, 0.2) is 5.65 Å². The zero-order valence-electron chi connectivity index (χ0n) is 17.1. The molecular weight excluding hydrogens is 471 g/mol. The van der Waals surface area contributed by atoms with Gasteiger partial charge in [0, 0.05) is 27.9 Å². The van der Waals surface area contributed by atoms with Crippen molar-refractivity contribution in [3.8, 4) is 22.3 Å². The van der Waals surface area contributed by atoms with Gasteiger partial charge in [-0.05, 0) is 35.4 Å². The number of hydrogen-bond acceptors (Lipinski definition) is 6. The minimum atomic E-state index is -4.55. The van der Waals surface area contributed by atoms with Gasteiger partial charge < -0.3 is 0 Å². The first-order valence-corrected chi connectivity index (χ1v) is 10.2. The zero-order chi connectivity index (χ0) is 23.9. The highest BCUT2D eigenvalue weighted by molar-refractivity contribution is 6.30. The molecule has 34 heavy (non-hydrogen) atoms. The van der Waals surface area contributed by atoms with Crippen LogP contribution in [-0.4, -0.2) is 34.6 Å². The maximum absolute atomic E-state index is 13.0. The normalized spacial score (nSPS) is 11.8. The molecule has 4 aromatic heterocycles. The second-order valence-electron chi connectivity index (χ2n) is 7.30. The van der Waals surface area contributed by atoms with Gasteiger partial charge in [0.25, 0.3) is 0 Å². The van der Waals surface area contributed by atoms with Crippen LogP contribution in [0.25, 0.3) is 27.9 Å². The van der Waals surface area contributed by atoms with Crippen molar-refractivity contribution in [1.29, 1.82) is 0 Å². The van der Waals surface area contributed by atoms with Gasteiger partial charge in [-0.2, -0.15) is 33.0 Å². The van der Waals surface area contributed by atoms with Crippen LogP contribution in [0.3, 0.4) is 0 Å². The Hall–Kier alpha value is -4.12. The van der Waals surface area contributed by atoms with Crippen LogP contribution < -0.4 is 5.69 Å². The Morgan fingerprint density at radius 1 is 0.912 bits per heavy atom. The molecule has 4 heterocycles. The van der Waals surface area contributed by atoms with Crippen LogP contribution in [-0.2, 0) is 12.7 Å². The summed E-state index contributed by atoms with van der Waals surface area (Å²) in [5.74, 6) is 0. The number of halogens is 4. The van der Waals surface area contributed by atoms with Crippen LogP contribution in [0.15, 0.2) is 72.0 Å². The average Bonchev–Trinajstić information content (AvgIpc) is 3.14. The molecule has 0 bridgehead atoms. The van der Waals surface area contributed by atoms with Crippen molar-refractivity contribution < 1.29 is 13.2 Å². The molecule has 0 aliphatic heterocycles. The van der Waals surface area contributed by atoms with E-state index in [9.17, 15) is 18.0 Å². The highest BCUT2D eigenvalue weighted by Crippen LogP contribution is 2.34. The van der Waals surface area contributed by atoms with Crippen molar-refractivity contribution in [2.45, 2.75) is 12.7 Å². The van der Waals surface area contributed by atoms with E-state index in [0.717, 1.165) is 27.0 Å². The van der Waals surface area contributed by atoms with E-state index in [1.165, 1.54) is 18.5 Å². The molecule has 0 aliphatic carbocycles. The molecule has 8 nitrogen and oxygen atoms in total. The third kappa shape index (κ3) is 4.01. The van der Waals surface area contributed by atoms with Crippen molar-refractivity contribution in [2.24, 2.45) is 0 Å². The molecule has 0 aliphatic rings. The van der Waals surface area contributed by atoms with Gasteiger partial charge in [-0.3, -0.25) is 4.98 Å². The van der Waals surface area contributed by atoms with Gasteiger partial charge in [-0.15, -0.1) is 5.10 Å². The number of alkyl halides is 3. The van der Waals surface area contributed by atoms with E-state index in [1.54, 1.807) is 24.4 Å². The monoisotopic (exact) mass is 483 g/mol. The van der Waals surface area contributed by atoms with Crippen molar-refractivity contribution in [3.63, 3.8) is 0 Å². The summed E-state index contributed by atoms with van der Waals surface area (Å²) in [6, 6.07) is 10.9. The maximum atomic E-state index is 13.0. The van der Waals surface area contributed by atoms with E-state index in [2.05, 4.69) is 25.4 Å². The van der Waals surface area contributed by atoms with Gasteiger partial charge in [0.05, 0.1) is 25.1 Å². The van der Waals surface area contributed by atoms with Crippen molar-refractivity contribution in [2.75, 3.05) is 0 Å². The summed E-state index contributed by atoms with van der Waals surface area (Å²) < 4.78 is 40.6. The zero-order valence-corrected chi connectivity index (χ0v) is 17.9. The number of aromatic nitrogens is 7. The molecule has 0 amide bonds. The second kappa shape index (κ2) is 8.34. The fourth-order valence-corrected chi connectivity index (χ4v) is 3.62. The lowest BCUT2D eigenvalue weighted by Gasteiger charge is -2.10. The predicted molar refractivity (Wildman–Crippen MR) is 117 cm³/mol. The highest BCUT2D eigenvalue weighted by atomic mass is 35.5. The summed E-state index contributed by atoms with van der Waals surface area (Å²) in [6.45, 7) is -0.0857. The summed E-state index contributed by atoms with van der Waals surface area (Å²) in [5.41, 5.74) is 1.79. The van der Waals surface area contributed by atoms with Crippen LogP contribution in [0.2, 0.25) is 5.02 Å². The van der Waals surface area contributed by atoms with Crippen molar-refractivity contribution >= 4 is 17.2 Å². The van der Waals surface area contributed by atoms with Crippen LogP contribution in [0.1, 0.15) is 11.3 Å². The summed E-state index contributed by atoms with van der Waals surface area (Å²) in [5, 5.41) is 17.0. The van der Waals surface area contributed by atoms with Gasteiger partial charge in [-0.1, -0.05) is 29.8 Å². The number of nitrogens with zero attached hydrogens (tertiary/aromatic N) is 7. The number of fused-ring (bicyclic) bond motifs is 1. The third-order valence-corrected chi connectivity index (χ3v) is 5.34. The predicted octanol–water partition coefficient (Wildman–Crippen LogP) is 4.13. The lowest BCUT2D eigenvalue weighted by molar-refractivity contribution is -0.141. The van der Waals surface area contributed by atoms with E-state index < -0.39 is 17.6 Å². The van der Waals surface area contributed by atoms with Crippen LogP contribution in [0.4, 0.5) is 13.2 Å². The van der Waals surface area contributed by atoms with Gasteiger partial charge in [0.1, 0.15) is 5.69 Å². The molecule has 0 radical (unpaired) electrons. The number of rotatable bonds is 4. The van der Waals surface area contributed by atoms with Crippen molar-refractivity contribution in [3.05, 3.63) is 94.0 Å². The molecule has 0 atom stereocenters. The first-order chi connectivity index (χ1) is 16.3. The molecule has 5 aromatic rings. The fourth-order valence-electron chi connectivity index (χ4n) is 3.49. The highest BCUT2D eigenvalue weighted by Gasteiger charge is 2.32. The van der Waals surface area contributed by atoms with Crippen LogP contribution >= 0.6 is 11.6 Å². The largest absolute Gasteiger partial charge is 0.433 e. The molecule has 5 rings (SSSR count). The van der Waals surface area contributed by atoms with Gasteiger partial charge >= 0.3 is 11.9 Å². The Balaban J connectivity index is 1.65. The van der Waals surface area contributed by atoms with E-state index in [1.807, 2.05) is 12.1 Å². The lowest BCUT2D eigenvalue weighted by atomic mass is 9.98. The molecule has 0 N–H and O–H groups in total. The van der Waals surface area contributed by atoms with E-state index >= 15 is 0 Å². The first kappa shape index (κ1) is 21.7. The second-order valence-corrected chi connectivity index (χ2v) is 7.73. The molecule has 1 aromatic carbocycles. The Morgan fingerprint density at radius 3 is 2.35 bits per heavy atom. The maximum Gasteiger partial charge on any atom is 0.433 e. The Bertz CT molecular complexity index is 1530. The molecule has 0 fully saturated rings. The standard InChI is InChI=1S/C22H13ClF3N7O/c23-16-4-2-14(3-5-16)17-11-30-33-20(19(17)15-7-8-28-29-10-15)31-32(21(33)34)12-13-1-6-18(27-9-13)22(24,25)26/h1-11H,12H2. The summed E-state index contributed by atoms with van der Waals surface area (Å²) in [4.78, 5) is 16.4. The average molecular weight is 484 g/mol. The summed E-state index contributed by atoms with van der Waals surface area (Å²) in [7, 11) is 0. The topological polar surface area (TPSA) is 90.9 Å². The Labute approximate surface area is 194 Å². The summed E-state index contributed by atoms with van der Waals surface area (Å²) in [6.07, 6.45) is 1.12. The van der Waals surface area contributed by atoms with E-state index in [4.69, 9.17) is 11.6 Å². The van der Waals surface area contributed by atoms with Gasteiger partial charge in [-0.25, -0.2) is 9.48 Å². The minimum absolute atomic E-state index is 0.0857. The fraction of sp³-hybridized carbons (Fsp3) is 0.0909. The van der Waals surface area contributed by atoms with Gasteiger partial charge in [0.2, 0.25) is 0 Å². The molecule has 0 unspecified atom stereocenters. The summed E-state index contributed by atoms with van der Waals surface area (Å²) >= 11 is 6.02. The number of benzene rings is 1. The molecule has 12 heteroatoms. The van der Waals surface area contributed by atoms with E-state index in [0.29, 0.717) is 27.3 Å². The lowest BCUT2D eigenvalue weighted by Crippen LogP contribution is -2.23. The smallest absolute Gasteiger partial charge is 0.251 e. The minimum Gasteiger partial charge on any atom is -0.251 e. The molecule has 0 saturated heterocycles. The Morgan fingerprint density at radius 2 is 1.71 bits per heavy atom. The van der Waals surface area contributed by atoms with Crippen LogP contribution in [0.5, 0.6) is 0 Å². The first-order valence-electron chi connectivity index (χ1n) is 9.85. The van der Waals surface area contributed by atoms with Crippen LogP contribution in [0, 0.1) is 0 Å². The van der Waals surface area contributed by atoms with E-state index in [-0.39, 0.29) is 12.2 Å². The quantitative estimate of drug-likeness (QED) is 0.382. The number of pyridine rings is 1. The Kier molecular flexibility index (Phi) is 5.33. The SMILES string of the molecule is O=c1n(Cc2ccc(C(F)(F)F)nc2)nc2c(-c3ccnnc3)c(-c3ccc(Cl)cc3)cnn12. The molecule has 0 saturated carbocycles. The molecule has 170 valence electrons.